The SMILES string of the molecule is CN1CCC(CN)CC1.CN1CCC(N)CC1.CN1CCCC[C@@H]1CN.CN1CCCC[C@H]1CN.CN1CCC[C@@H](CN)C1.CN1CCC[C@@H](N)C1.CN1CCC[C@H](CN)C1.CN1CCC[C@H](N)C1. The first kappa shape index (κ1) is 66.4. The molecule has 0 aromatic heterocycles. The molecule has 0 saturated carbocycles. The van der Waals surface area contributed by atoms with E-state index in [0.29, 0.717) is 30.2 Å². The summed E-state index contributed by atoms with van der Waals surface area (Å²) >= 11 is 0. The summed E-state index contributed by atoms with van der Waals surface area (Å²) in [6.45, 7) is 21.1. The van der Waals surface area contributed by atoms with Crippen molar-refractivity contribution >= 4 is 0 Å². The lowest BCUT2D eigenvalue weighted by atomic mass is 9.98. The Hall–Kier alpha value is -0.640. The van der Waals surface area contributed by atoms with Crippen molar-refractivity contribution in [3.05, 3.63) is 0 Å². The smallest absolute Gasteiger partial charge is 0.0215 e. The van der Waals surface area contributed by atoms with Crippen LogP contribution in [-0.2, 0) is 0 Å². The van der Waals surface area contributed by atoms with Gasteiger partial charge in [-0.15, -0.1) is 0 Å². The third-order valence-electron chi connectivity index (χ3n) is 15.8. The first-order chi connectivity index (χ1) is 33.0. The van der Waals surface area contributed by atoms with Gasteiger partial charge < -0.3 is 85.1 Å². The van der Waals surface area contributed by atoms with Crippen LogP contribution in [0.25, 0.3) is 0 Å². The Morgan fingerprint density at radius 3 is 0.841 bits per heavy atom. The predicted molar refractivity (Wildman–Crippen MR) is 301 cm³/mol. The summed E-state index contributed by atoms with van der Waals surface area (Å²) in [6.07, 6.45) is 23.3. The molecule has 8 aliphatic rings. The lowest BCUT2D eigenvalue weighted by molar-refractivity contribution is 0.191. The zero-order valence-corrected chi connectivity index (χ0v) is 47.0. The fourth-order valence-electron chi connectivity index (χ4n) is 10.6. The molecule has 0 bridgehead atoms. The average molecular weight is 984 g/mol. The quantitative estimate of drug-likeness (QED) is 0.196. The van der Waals surface area contributed by atoms with Crippen molar-refractivity contribution in [1.82, 2.24) is 39.2 Å². The molecule has 6 atom stereocenters. The minimum atomic E-state index is 0.439. The zero-order valence-electron chi connectivity index (χ0n) is 47.0. The minimum Gasteiger partial charge on any atom is -0.330 e. The average Bonchev–Trinajstić information content (AvgIpc) is 3.34. The fraction of sp³-hybridized carbons (Fsp3) is 1.00. The molecule has 0 aliphatic carbocycles. The Balaban J connectivity index is 0.000000394. The van der Waals surface area contributed by atoms with Gasteiger partial charge in [0.25, 0.3) is 0 Å². The van der Waals surface area contributed by atoms with Gasteiger partial charge in [0.1, 0.15) is 0 Å². The molecule has 8 fully saturated rings. The highest BCUT2D eigenvalue weighted by Crippen LogP contribution is 2.16. The van der Waals surface area contributed by atoms with Crippen LogP contribution in [0.3, 0.4) is 0 Å². The van der Waals surface area contributed by atoms with Crippen molar-refractivity contribution in [2.75, 3.05) is 181 Å². The van der Waals surface area contributed by atoms with Crippen LogP contribution in [0.15, 0.2) is 0 Å². The van der Waals surface area contributed by atoms with Gasteiger partial charge in [0, 0.05) is 69.5 Å². The van der Waals surface area contributed by atoms with Crippen LogP contribution in [-0.4, -0.2) is 250 Å². The van der Waals surface area contributed by atoms with Crippen LogP contribution >= 0.6 is 0 Å². The Morgan fingerprint density at radius 1 is 0.275 bits per heavy atom. The summed E-state index contributed by atoms with van der Waals surface area (Å²) in [5, 5.41) is 0. The third kappa shape index (κ3) is 34.5. The van der Waals surface area contributed by atoms with E-state index in [0.717, 1.165) is 63.6 Å². The Kier molecular flexibility index (Phi) is 40.1. The third-order valence-corrected chi connectivity index (χ3v) is 15.8. The predicted octanol–water partition coefficient (Wildman–Crippen LogP) is 1.84. The van der Waals surface area contributed by atoms with E-state index in [-0.39, 0.29) is 0 Å². The summed E-state index contributed by atoms with van der Waals surface area (Å²) in [5.74, 6) is 2.34. The number of hydrogen-bond acceptors (Lipinski definition) is 16. The van der Waals surface area contributed by atoms with E-state index in [1.54, 1.807) is 0 Å². The van der Waals surface area contributed by atoms with Crippen LogP contribution in [0, 0.1) is 17.8 Å². The van der Waals surface area contributed by atoms with Crippen molar-refractivity contribution in [2.45, 2.75) is 146 Å². The highest BCUT2D eigenvalue weighted by Gasteiger charge is 2.19. The molecule has 16 nitrogen and oxygen atoms in total. The Morgan fingerprint density at radius 2 is 0.609 bits per heavy atom. The topological polar surface area (TPSA) is 234 Å². The highest BCUT2D eigenvalue weighted by atomic mass is 15.2. The molecular weight excluding hydrogens is 861 g/mol. The van der Waals surface area contributed by atoms with Gasteiger partial charge in [-0.05, 0) is 262 Å². The van der Waals surface area contributed by atoms with E-state index in [4.69, 9.17) is 45.9 Å². The number of hydrogen-bond donors (Lipinski definition) is 8. The molecule has 414 valence electrons. The largest absolute Gasteiger partial charge is 0.330 e. The van der Waals surface area contributed by atoms with Crippen LogP contribution in [0.1, 0.15) is 116 Å². The van der Waals surface area contributed by atoms with E-state index in [2.05, 4.69) is 95.6 Å². The molecule has 16 N–H and O–H groups in total. The van der Waals surface area contributed by atoms with Gasteiger partial charge in [-0.2, -0.15) is 0 Å². The summed E-state index contributed by atoms with van der Waals surface area (Å²) in [4.78, 5) is 18.7. The van der Waals surface area contributed by atoms with E-state index in [1.807, 2.05) is 0 Å². The van der Waals surface area contributed by atoms with Crippen molar-refractivity contribution in [3.8, 4) is 0 Å². The second kappa shape index (κ2) is 41.7. The molecule has 0 aromatic carbocycles. The number of nitrogens with zero attached hydrogens (tertiary/aromatic N) is 8. The van der Waals surface area contributed by atoms with E-state index < -0.39 is 0 Å². The van der Waals surface area contributed by atoms with Gasteiger partial charge in [-0.1, -0.05) is 12.8 Å². The van der Waals surface area contributed by atoms with Crippen LogP contribution in [0.2, 0.25) is 0 Å². The maximum absolute atomic E-state index is 5.68. The number of rotatable bonds is 5. The van der Waals surface area contributed by atoms with Gasteiger partial charge in [-0.25, -0.2) is 0 Å². The van der Waals surface area contributed by atoms with Crippen molar-refractivity contribution < 1.29 is 0 Å². The summed E-state index contributed by atoms with van der Waals surface area (Å²) < 4.78 is 0. The molecule has 0 radical (unpaired) electrons. The number of likely N-dealkylation sites (N-methyl/N-ethyl adjacent to an activating group) is 4. The molecule has 0 amide bonds. The van der Waals surface area contributed by atoms with Crippen LogP contribution < -0.4 is 45.9 Å². The second-order valence-electron chi connectivity index (χ2n) is 22.7. The number of nitrogens with two attached hydrogens (primary N) is 8. The maximum Gasteiger partial charge on any atom is 0.0215 e. The van der Waals surface area contributed by atoms with Gasteiger partial charge >= 0.3 is 0 Å². The molecule has 0 aromatic rings. The molecule has 8 heterocycles. The zero-order chi connectivity index (χ0) is 51.4. The highest BCUT2D eigenvalue weighted by molar-refractivity contribution is 4.77. The fourth-order valence-corrected chi connectivity index (χ4v) is 10.6. The van der Waals surface area contributed by atoms with Crippen molar-refractivity contribution in [3.63, 3.8) is 0 Å². The lowest BCUT2D eigenvalue weighted by Crippen LogP contribution is -2.41. The van der Waals surface area contributed by atoms with E-state index >= 15 is 0 Å². The first-order valence-electron chi connectivity index (χ1n) is 28.3. The molecule has 16 heteroatoms. The van der Waals surface area contributed by atoms with Gasteiger partial charge in [0.2, 0.25) is 0 Å². The lowest BCUT2D eigenvalue weighted by Gasteiger charge is -2.31. The Bertz CT molecular complexity index is 1040. The summed E-state index contributed by atoms with van der Waals surface area (Å²) in [7, 11) is 17.2. The minimum absolute atomic E-state index is 0.439. The molecule has 69 heavy (non-hydrogen) atoms. The van der Waals surface area contributed by atoms with Gasteiger partial charge in [0.05, 0.1) is 0 Å². The second-order valence-corrected chi connectivity index (χ2v) is 22.7. The van der Waals surface area contributed by atoms with Gasteiger partial charge in [0.15, 0.2) is 0 Å². The molecule has 8 rings (SSSR count). The molecule has 8 aliphatic heterocycles. The number of likely N-dealkylation sites (tertiary alicyclic amines) is 8. The van der Waals surface area contributed by atoms with Crippen LogP contribution in [0.4, 0.5) is 0 Å². The monoisotopic (exact) mass is 983 g/mol. The maximum atomic E-state index is 5.68. The Labute approximate surface area is 428 Å². The summed E-state index contributed by atoms with van der Waals surface area (Å²) in [6, 6.07) is 2.69. The van der Waals surface area contributed by atoms with Crippen LogP contribution in [0.5, 0.6) is 0 Å². The van der Waals surface area contributed by atoms with E-state index in [9.17, 15) is 0 Å². The molecule has 0 spiro atoms. The normalized spacial score (nSPS) is 29.9. The molecular formula is C53H122N16. The summed E-state index contributed by atoms with van der Waals surface area (Å²) in [5.41, 5.74) is 44.7. The molecule has 0 unspecified atom stereocenters. The molecule has 8 saturated heterocycles. The standard InChI is InChI=1S/5C7H16N2.3C6H14N2/c1-9-4-2-7(6-8)3-5-9;2*1-9-4-2-3-7(5-8)6-9;2*1-9-5-3-2-4-7(9)6-8;1-8-4-2-6(7)3-5-8;2*1-8-4-2-3-6(7)5-8/h5*7H,2-6,8H2,1H3;3*6H,2-5,7H2,1H3/t;4*7-;;2*6-/m.1010.10/s1. The van der Waals surface area contributed by atoms with Crippen molar-refractivity contribution in [2.24, 2.45) is 63.6 Å². The first-order valence-corrected chi connectivity index (χ1v) is 28.3. The van der Waals surface area contributed by atoms with Crippen molar-refractivity contribution in [1.29, 1.82) is 0 Å². The van der Waals surface area contributed by atoms with E-state index in [1.165, 1.54) is 194 Å². The van der Waals surface area contributed by atoms with Gasteiger partial charge in [-0.3, -0.25) is 0 Å². The number of piperidine rings is 8.